The first-order valence-corrected chi connectivity index (χ1v) is 7.22. The largest absolute Gasteiger partial charge is 0.493 e. The molecular formula is C18H26O2. The molecule has 0 saturated heterocycles. The van der Waals surface area contributed by atoms with E-state index in [2.05, 4.69) is 39.5 Å². The number of methoxy groups -OCH3 is 2. The van der Waals surface area contributed by atoms with Crippen LogP contribution in [0.15, 0.2) is 24.8 Å². The third-order valence-corrected chi connectivity index (χ3v) is 3.55. The molecule has 0 saturated carbocycles. The zero-order valence-electron chi connectivity index (χ0n) is 13.4. The predicted octanol–water partition coefficient (Wildman–Crippen LogP) is 5.33. The lowest BCUT2D eigenvalue weighted by Crippen LogP contribution is -1.98. The van der Waals surface area contributed by atoms with E-state index in [-0.39, 0.29) is 0 Å². The molecule has 0 aliphatic carbocycles. The van der Waals surface area contributed by atoms with Crippen molar-refractivity contribution in [2.24, 2.45) is 0 Å². The average Bonchev–Trinajstić information content (AvgIpc) is 2.50. The Bertz CT molecular complexity index is 498. The van der Waals surface area contributed by atoms with E-state index in [0.717, 1.165) is 41.9 Å². The van der Waals surface area contributed by atoms with Crippen LogP contribution in [0.25, 0.3) is 11.1 Å². The molecule has 0 aromatic heterocycles. The second-order valence-electron chi connectivity index (χ2n) is 4.77. The Morgan fingerprint density at radius 2 is 1.65 bits per heavy atom. The number of allylic oxidation sites excluding steroid dienone is 3. The van der Waals surface area contributed by atoms with Crippen molar-refractivity contribution < 1.29 is 9.47 Å². The van der Waals surface area contributed by atoms with Crippen LogP contribution >= 0.6 is 0 Å². The molecule has 1 aromatic carbocycles. The highest BCUT2D eigenvalue weighted by Crippen LogP contribution is 2.38. The van der Waals surface area contributed by atoms with Crippen LogP contribution in [-0.4, -0.2) is 14.2 Å². The Morgan fingerprint density at radius 3 is 2.05 bits per heavy atom. The van der Waals surface area contributed by atoms with Crippen LogP contribution in [0.2, 0.25) is 0 Å². The van der Waals surface area contributed by atoms with E-state index in [4.69, 9.17) is 9.47 Å². The van der Waals surface area contributed by atoms with Gasteiger partial charge >= 0.3 is 0 Å². The molecule has 0 fully saturated rings. The highest BCUT2D eigenvalue weighted by Gasteiger charge is 2.15. The standard InChI is InChI=1S/C18H26O2/c1-7-10-14(9-3)16-12-18(20-6)17(19-5)11-15(16)13(4)8-2/h9,11-12H,4,7-8,10H2,1-3,5-6H3. The molecule has 0 spiro atoms. The molecule has 1 aromatic rings. The molecule has 0 amide bonds. The van der Waals surface area contributed by atoms with Crippen molar-refractivity contribution in [2.45, 2.75) is 40.0 Å². The van der Waals surface area contributed by atoms with Crippen LogP contribution in [0.1, 0.15) is 51.2 Å². The molecule has 2 nitrogen and oxygen atoms in total. The van der Waals surface area contributed by atoms with E-state index < -0.39 is 0 Å². The van der Waals surface area contributed by atoms with Crippen LogP contribution in [0, 0.1) is 0 Å². The summed E-state index contributed by atoms with van der Waals surface area (Å²) in [7, 11) is 3.34. The molecule has 0 aliphatic rings. The summed E-state index contributed by atoms with van der Waals surface area (Å²) in [6.45, 7) is 10.6. The minimum absolute atomic E-state index is 0.757. The summed E-state index contributed by atoms with van der Waals surface area (Å²) in [6.07, 6.45) is 5.27. The Hall–Kier alpha value is -1.70. The normalized spacial score (nSPS) is 11.3. The Labute approximate surface area is 123 Å². The van der Waals surface area contributed by atoms with Gasteiger partial charge in [-0.2, -0.15) is 0 Å². The number of benzene rings is 1. The third-order valence-electron chi connectivity index (χ3n) is 3.55. The summed E-state index contributed by atoms with van der Waals surface area (Å²) in [5, 5.41) is 0. The summed E-state index contributed by atoms with van der Waals surface area (Å²) in [6, 6.07) is 4.11. The summed E-state index contributed by atoms with van der Waals surface area (Å²) in [5.74, 6) is 1.53. The van der Waals surface area contributed by atoms with E-state index >= 15 is 0 Å². The first kappa shape index (κ1) is 16.4. The van der Waals surface area contributed by atoms with Crippen LogP contribution < -0.4 is 9.47 Å². The van der Waals surface area contributed by atoms with Gasteiger partial charge in [0, 0.05) is 0 Å². The highest BCUT2D eigenvalue weighted by atomic mass is 16.5. The molecule has 20 heavy (non-hydrogen) atoms. The number of ether oxygens (including phenoxy) is 2. The SMILES string of the molecule is C=C(CC)c1cc(OC)c(OC)cc1C(=CC)CCC. The van der Waals surface area contributed by atoms with Crippen molar-refractivity contribution >= 4 is 11.1 Å². The van der Waals surface area contributed by atoms with Crippen LogP contribution in [-0.2, 0) is 0 Å². The third kappa shape index (κ3) is 3.44. The minimum atomic E-state index is 0.757. The first-order chi connectivity index (χ1) is 9.62. The lowest BCUT2D eigenvalue weighted by molar-refractivity contribution is 0.354. The average molecular weight is 274 g/mol. The second kappa shape index (κ2) is 7.78. The summed E-state index contributed by atoms with van der Waals surface area (Å²) >= 11 is 0. The van der Waals surface area contributed by atoms with E-state index in [9.17, 15) is 0 Å². The molecule has 0 N–H and O–H groups in total. The van der Waals surface area contributed by atoms with Gasteiger partial charge in [-0.05, 0) is 54.2 Å². The van der Waals surface area contributed by atoms with Crippen molar-refractivity contribution in [3.8, 4) is 11.5 Å². The lowest BCUT2D eigenvalue weighted by Gasteiger charge is -2.18. The van der Waals surface area contributed by atoms with Gasteiger partial charge in [-0.25, -0.2) is 0 Å². The maximum Gasteiger partial charge on any atom is 0.161 e. The molecule has 0 bridgehead atoms. The van der Waals surface area contributed by atoms with Gasteiger partial charge in [0.2, 0.25) is 0 Å². The molecule has 0 aliphatic heterocycles. The van der Waals surface area contributed by atoms with Gasteiger partial charge in [-0.15, -0.1) is 0 Å². The Balaban J connectivity index is 3.49. The molecule has 0 unspecified atom stereocenters. The van der Waals surface area contributed by atoms with Gasteiger partial charge in [-0.3, -0.25) is 0 Å². The van der Waals surface area contributed by atoms with E-state index in [1.165, 1.54) is 11.1 Å². The number of rotatable bonds is 7. The van der Waals surface area contributed by atoms with Gasteiger partial charge in [0.25, 0.3) is 0 Å². The summed E-state index contributed by atoms with van der Waals surface area (Å²) in [5.41, 5.74) is 4.82. The molecule has 0 heterocycles. The van der Waals surface area contributed by atoms with Crippen LogP contribution in [0.3, 0.4) is 0 Å². The fraction of sp³-hybridized carbons (Fsp3) is 0.444. The van der Waals surface area contributed by atoms with E-state index in [0.29, 0.717) is 0 Å². The van der Waals surface area contributed by atoms with Crippen molar-refractivity contribution in [1.29, 1.82) is 0 Å². The van der Waals surface area contributed by atoms with Gasteiger partial charge in [0.05, 0.1) is 14.2 Å². The predicted molar refractivity (Wildman–Crippen MR) is 87.4 cm³/mol. The molecule has 0 radical (unpaired) electrons. The number of hydrogen-bond donors (Lipinski definition) is 0. The van der Waals surface area contributed by atoms with E-state index in [1.807, 2.05) is 6.07 Å². The van der Waals surface area contributed by atoms with Crippen LogP contribution in [0.4, 0.5) is 0 Å². The topological polar surface area (TPSA) is 18.5 Å². The van der Waals surface area contributed by atoms with Gasteiger partial charge in [0.15, 0.2) is 11.5 Å². The fourth-order valence-electron chi connectivity index (χ4n) is 2.33. The molecule has 0 atom stereocenters. The molecule has 1 rings (SSSR count). The quantitative estimate of drug-likeness (QED) is 0.669. The van der Waals surface area contributed by atoms with Gasteiger partial charge in [-0.1, -0.05) is 32.9 Å². The molecular weight excluding hydrogens is 248 g/mol. The van der Waals surface area contributed by atoms with Gasteiger partial charge in [0.1, 0.15) is 0 Å². The highest BCUT2D eigenvalue weighted by molar-refractivity contribution is 5.81. The maximum atomic E-state index is 5.44. The first-order valence-electron chi connectivity index (χ1n) is 7.22. The summed E-state index contributed by atoms with van der Waals surface area (Å²) in [4.78, 5) is 0. The van der Waals surface area contributed by atoms with E-state index in [1.54, 1.807) is 14.2 Å². The zero-order valence-corrected chi connectivity index (χ0v) is 13.4. The Morgan fingerprint density at radius 1 is 1.10 bits per heavy atom. The van der Waals surface area contributed by atoms with Crippen LogP contribution in [0.5, 0.6) is 11.5 Å². The summed E-state index contributed by atoms with van der Waals surface area (Å²) < 4.78 is 10.9. The van der Waals surface area contributed by atoms with Gasteiger partial charge < -0.3 is 9.47 Å². The molecule has 110 valence electrons. The molecule has 2 heteroatoms. The zero-order chi connectivity index (χ0) is 15.1. The number of hydrogen-bond acceptors (Lipinski definition) is 2. The lowest BCUT2D eigenvalue weighted by atomic mass is 9.91. The maximum absolute atomic E-state index is 5.44. The van der Waals surface area contributed by atoms with Crippen molar-refractivity contribution in [1.82, 2.24) is 0 Å². The minimum Gasteiger partial charge on any atom is -0.493 e. The second-order valence-corrected chi connectivity index (χ2v) is 4.77. The van der Waals surface area contributed by atoms with Crippen molar-refractivity contribution in [2.75, 3.05) is 14.2 Å². The van der Waals surface area contributed by atoms with Crippen molar-refractivity contribution in [3.63, 3.8) is 0 Å². The van der Waals surface area contributed by atoms with Crippen molar-refractivity contribution in [3.05, 3.63) is 35.9 Å². The monoisotopic (exact) mass is 274 g/mol. The Kier molecular flexibility index (Phi) is 6.37. The fourth-order valence-corrected chi connectivity index (χ4v) is 2.33. The smallest absolute Gasteiger partial charge is 0.161 e.